The number of piperidine rings is 1. The van der Waals surface area contributed by atoms with E-state index in [1.807, 2.05) is 52.8 Å². The molecule has 4 aromatic rings. The van der Waals surface area contributed by atoms with E-state index in [1.54, 1.807) is 7.05 Å². The lowest BCUT2D eigenvalue weighted by atomic mass is 10.1. The molecule has 1 amide bonds. The van der Waals surface area contributed by atoms with Gasteiger partial charge in [-0.2, -0.15) is 31.4 Å². The number of anilines is 3. The van der Waals surface area contributed by atoms with Crippen LogP contribution in [-0.2, 0) is 39.8 Å². The SMILES string of the molecule is CNC(=O)C(CCC=O)Nc1ccc(N2CCN(Cc3cccc(S(=O)N4CCC(Nc5ncc(C(F)(F)F)c(-c6cnn(CC(F)(F)F)c6)n5)CC4)c3)CC2)cc1. The fourth-order valence-electron chi connectivity index (χ4n) is 6.95. The number of carbonyl (C=O) groups excluding carboxylic acids is 2. The number of amides is 1. The van der Waals surface area contributed by atoms with Crippen molar-refractivity contribution in [2.24, 2.45) is 0 Å². The van der Waals surface area contributed by atoms with Crippen molar-refractivity contribution in [1.82, 2.24) is 34.3 Å². The average Bonchev–Trinajstić information content (AvgIpc) is 3.66. The van der Waals surface area contributed by atoms with Gasteiger partial charge in [0.25, 0.3) is 0 Å². The van der Waals surface area contributed by atoms with E-state index in [4.69, 9.17) is 0 Å². The van der Waals surface area contributed by atoms with Crippen LogP contribution in [0.1, 0.15) is 36.8 Å². The minimum absolute atomic E-state index is 0.106. The maximum atomic E-state index is 13.8. The van der Waals surface area contributed by atoms with Gasteiger partial charge in [0, 0.05) is 94.7 Å². The number of nitrogens with one attached hydrogen (secondary N) is 3. The van der Waals surface area contributed by atoms with Gasteiger partial charge in [-0.05, 0) is 61.2 Å². The Balaban J connectivity index is 0.990. The quantitative estimate of drug-likeness (QED) is 0.106. The molecule has 4 heterocycles. The van der Waals surface area contributed by atoms with Gasteiger partial charge in [-0.15, -0.1) is 0 Å². The van der Waals surface area contributed by atoms with E-state index in [0.29, 0.717) is 54.7 Å². The molecule has 2 aromatic carbocycles. The number of hydrogen-bond donors (Lipinski definition) is 3. The minimum Gasteiger partial charge on any atom is -0.374 e. The van der Waals surface area contributed by atoms with Crippen LogP contribution in [0.4, 0.5) is 43.7 Å². The first kappa shape index (κ1) is 42.5. The third kappa shape index (κ3) is 11.3. The van der Waals surface area contributed by atoms with Gasteiger partial charge in [0.1, 0.15) is 35.4 Å². The monoisotopic (exact) mass is 834 g/mol. The molecule has 2 atom stereocenters. The van der Waals surface area contributed by atoms with Gasteiger partial charge < -0.3 is 25.6 Å². The van der Waals surface area contributed by atoms with Crippen molar-refractivity contribution in [2.75, 3.05) is 61.8 Å². The van der Waals surface area contributed by atoms with Crippen LogP contribution in [0, 0.1) is 0 Å². The summed E-state index contributed by atoms with van der Waals surface area (Å²) in [7, 11) is 0.119. The number of aldehydes is 1. The Labute approximate surface area is 333 Å². The highest BCUT2D eigenvalue weighted by Crippen LogP contribution is 2.36. The molecule has 6 rings (SSSR count). The van der Waals surface area contributed by atoms with Gasteiger partial charge in [0.05, 0.1) is 16.8 Å². The molecule has 0 aliphatic carbocycles. The molecular formula is C38H44F6N10O3S. The highest BCUT2D eigenvalue weighted by atomic mass is 32.2. The van der Waals surface area contributed by atoms with Crippen molar-refractivity contribution in [3.63, 3.8) is 0 Å². The summed E-state index contributed by atoms with van der Waals surface area (Å²) in [5.74, 6) is -0.282. The number of rotatable bonds is 15. The summed E-state index contributed by atoms with van der Waals surface area (Å²) in [5, 5.41) is 12.4. The second-order valence-corrected chi connectivity index (χ2v) is 15.6. The summed E-state index contributed by atoms with van der Waals surface area (Å²) >= 11 is 0. The maximum absolute atomic E-state index is 13.8. The molecule has 0 bridgehead atoms. The van der Waals surface area contributed by atoms with E-state index in [2.05, 4.69) is 40.8 Å². The number of alkyl halides is 6. The summed E-state index contributed by atoms with van der Waals surface area (Å²) in [6.45, 7) is 3.36. The van der Waals surface area contributed by atoms with Gasteiger partial charge >= 0.3 is 12.4 Å². The number of halogens is 6. The standard InChI is InChI=1S/C38H44F6N10O3S/c1-45-35(56)33(6-3-19-55)48-28-7-9-30(10-8-28)52-17-15-51(16-18-52)23-26-4-2-5-31(20-26)58(57)54-13-11-29(12-14-54)49-36-46-22-32(38(42,43)44)34(50-36)27-21-47-53(24-27)25-37(39,40)41/h2,4-5,7-10,19-22,24,29,33,48H,3,6,11-18,23,25H2,1H3,(H,45,56)(H,46,49,50). The van der Waals surface area contributed by atoms with Gasteiger partial charge in [0.15, 0.2) is 0 Å². The predicted molar refractivity (Wildman–Crippen MR) is 206 cm³/mol. The molecule has 2 unspecified atom stereocenters. The second kappa shape index (κ2) is 18.7. The lowest BCUT2D eigenvalue weighted by molar-refractivity contribution is -0.142. The van der Waals surface area contributed by atoms with Crippen LogP contribution in [0.15, 0.2) is 72.0 Å². The average molecular weight is 835 g/mol. The summed E-state index contributed by atoms with van der Waals surface area (Å²) in [4.78, 5) is 36.2. The number of carbonyl (C=O) groups is 2. The molecule has 58 heavy (non-hydrogen) atoms. The number of nitrogens with zero attached hydrogens (tertiary/aromatic N) is 7. The first-order valence-corrected chi connectivity index (χ1v) is 19.8. The van der Waals surface area contributed by atoms with Gasteiger partial charge in [-0.1, -0.05) is 12.1 Å². The van der Waals surface area contributed by atoms with Crippen LogP contribution in [0.25, 0.3) is 11.3 Å². The topological polar surface area (TPSA) is 141 Å². The first-order chi connectivity index (χ1) is 27.7. The van der Waals surface area contributed by atoms with Gasteiger partial charge in [0.2, 0.25) is 11.9 Å². The molecule has 2 aromatic heterocycles. The Morgan fingerprint density at radius 1 is 0.983 bits per heavy atom. The summed E-state index contributed by atoms with van der Waals surface area (Å²) < 4.78 is 95.9. The van der Waals surface area contributed by atoms with E-state index in [0.717, 1.165) is 61.8 Å². The molecule has 20 heteroatoms. The van der Waals surface area contributed by atoms with E-state index in [9.17, 15) is 40.1 Å². The van der Waals surface area contributed by atoms with E-state index in [-0.39, 0.29) is 29.9 Å². The van der Waals surface area contributed by atoms with Crippen LogP contribution in [-0.4, -0.2) is 110 Å². The summed E-state index contributed by atoms with van der Waals surface area (Å²) in [6.07, 6.45) is -4.60. The Morgan fingerprint density at radius 2 is 1.71 bits per heavy atom. The molecule has 2 aliphatic heterocycles. The van der Waals surface area contributed by atoms with Crippen molar-refractivity contribution in [3.8, 4) is 11.3 Å². The highest BCUT2D eigenvalue weighted by Gasteiger charge is 2.37. The number of hydrogen-bond acceptors (Lipinski definition) is 10. The summed E-state index contributed by atoms with van der Waals surface area (Å²) in [6, 6.07) is 14.8. The fraction of sp³-hybridized carbons (Fsp3) is 0.447. The molecule has 0 radical (unpaired) electrons. The van der Waals surface area contributed by atoms with E-state index >= 15 is 0 Å². The molecule has 2 fully saturated rings. The lowest BCUT2D eigenvalue weighted by Gasteiger charge is -2.36. The Kier molecular flexibility index (Phi) is 13.7. The third-order valence-electron chi connectivity index (χ3n) is 9.95. The maximum Gasteiger partial charge on any atom is 0.419 e. The number of piperazine rings is 1. The van der Waals surface area contributed by atoms with Crippen LogP contribution in [0.5, 0.6) is 0 Å². The molecule has 2 aliphatic rings. The molecule has 2 saturated heterocycles. The Bertz CT molecular complexity index is 2030. The smallest absolute Gasteiger partial charge is 0.374 e. The first-order valence-electron chi connectivity index (χ1n) is 18.7. The largest absolute Gasteiger partial charge is 0.419 e. The molecule has 0 spiro atoms. The zero-order valence-corrected chi connectivity index (χ0v) is 32.4. The predicted octanol–water partition coefficient (Wildman–Crippen LogP) is 5.35. The molecular weight excluding hydrogens is 791 g/mol. The van der Waals surface area contributed by atoms with Gasteiger partial charge in [-0.25, -0.2) is 18.5 Å². The van der Waals surface area contributed by atoms with Crippen LogP contribution >= 0.6 is 0 Å². The van der Waals surface area contributed by atoms with Crippen LogP contribution in [0.2, 0.25) is 0 Å². The van der Waals surface area contributed by atoms with Crippen molar-refractivity contribution in [1.29, 1.82) is 0 Å². The lowest BCUT2D eigenvalue weighted by Crippen LogP contribution is -2.46. The van der Waals surface area contributed by atoms with Crippen molar-refractivity contribution in [3.05, 3.63) is 78.2 Å². The highest BCUT2D eigenvalue weighted by molar-refractivity contribution is 7.82. The molecule has 13 nitrogen and oxygen atoms in total. The Morgan fingerprint density at radius 3 is 2.36 bits per heavy atom. The van der Waals surface area contributed by atoms with E-state index < -0.39 is 47.2 Å². The van der Waals surface area contributed by atoms with Crippen LogP contribution < -0.4 is 20.9 Å². The fourth-order valence-corrected chi connectivity index (χ4v) is 8.24. The zero-order chi connectivity index (χ0) is 41.5. The van der Waals surface area contributed by atoms with Crippen molar-refractivity contribution in [2.45, 2.75) is 68.1 Å². The second-order valence-electron chi connectivity index (χ2n) is 14.1. The normalized spacial score (nSPS) is 17.1. The van der Waals surface area contributed by atoms with Crippen molar-refractivity contribution < 1.29 is 40.1 Å². The molecule has 3 N–H and O–H groups in total. The molecule has 0 saturated carbocycles. The minimum atomic E-state index is -4.85. The van der Waals surface area contributed by atoms with Gasteiger partial charge in [-0.3, -0.25) is 14.4 Å². The third-order valence-corrected chi connectivity index (χ3v) is 11.4. The number of likely N-dealkylation sites (N-methyl/N-ethyl adjacent to an activating group) is 1. The van der Waals surface area contributed by atoms with Crippen molar-refractivity contribution >= 4 is 40.5 Å². The van der Waals surface area contributed by atoms with E-state index in [1.165, 1.54) is 0 Å². The van der Waals surface area contributed by atoms with Crippen LogP contribution in [0.3, 0.4) is 0 Å². The number of aromatic nitrogens is 4. The number of benzene rings is 2. The zero-order valence-electron chi connectivity index (χ0n) is 31.6. The summed E-state index contributed by atoms with van der Waals surface area (Å²) in [5.41, 5.74) is 0.890. The molecule has 312 valence electrons. The Hall–Kier alpha value is -5.08.